The maximum absolute atomic E-state index is 12.5. The number of ketones is 1. The summed E-state index contributed by atoms with van der Waals surface area (Å²) in [6.07, 6.45) is 2.18. The van der Waals surface area contributed by atoms with Gasteiger partial charge in [-0.3, -0.25) is 9.36 Å². The third kappa shape index (κ3) is 5.77. The zero-order chi connectivity index (χ0) is 20.9. The second-order valence-electron chi connectivity index (χ2n) is 7.75. The number of para-hydroxylation sites is 1. The molecule has 1 aromatic carbocycles. The molecule has 2 aromatic rings. The summed E-state index contributed by atoms with van der Waals surface area (Å²) in [4.78, 5) is 47.1. The number of fused-ring (bicyclic) bond motifs is 1. The second kappa shape index (κ2) is 8.82. The lowest BCUT2D eigenvalue weighted by Crippen LogP contribution is -2.37. The maximum Gasteiger partial charge on any atom is 0.419 e. The number of nitrogens with zero attached hydrogens (tertiary/aromatic N) is 1. The molecule has 0 unspecified atom stereocenters. The van der Waals surface area contributed by atoms with Gasteiger partial charge in [-0.25, -0.2) is 4.79 Å². The average molecular weight is 386 g/mol. The predicted molar refractivity (Wildman–Crippen MR) is 105 cm³/mol. The molecule has 0 bridgehead atoms. The molecule has 150 valence electrons. The normalized spacial score (nSPS) is 12.4. The minimum absolute atomic E-state index is 0.000717. The molecule has 1 amide bonds. The number of aldehydes is 1. The number of carbonyl (C=O) groups excluding carboxylic acids is 4. The molecule has 0 saturated heterocycles. The molecule has 28 heavy (non-hydrogen) atoms. The van der Waals surface area contributed by atoms with Crippen LogP contribution in [0.4, 0.5) is 4.79 Å². The third-order valence-electron chi connectivity index (χ3n) is 4.05. The van der Waals surface area contributed by atoms with Crippen LogP contribution in [0.5, 0.6) is 0 Å². The van der Waals surface area contributed by atoms with Crippen LogP contribution >= 0.6 is 0 Å². The quantitative estimate of drug-likeness (QED) is 0.738. The van der Waals surface area contributed by atoms with Crippen molar-refractivity contribution in [3.63, 3.8) is 0 Å². The van der Waals surface area contributed by atoms with Gasteiger partial charge in [-0.15, -0.1) is 0 Å². The lowest BCUT2D eigenvalue weighted by molar-refractivity contribution is -0.124. The van der Waals surface area contributed by atoms with Crippen molar-refractivity contribution in [2.75, 3.05) is 0 Å². The van der Waals surface area contributed by atoms with Gasteiger partial charge in [0.1, 0.15) is 17.7 Å². The van der Waals surface area contributed by atoms with Crippen LogP contribution < -0.4 is 5.32 Å². The highest BCUT2D eigenvalue weighted by atomic mass is 16.6. The number of benzene rings is 1. The first-order valence-corrected chi connectivity index (χ1v) is 9.17. The summed E-state index contributed by atoms with van der Waals surface area (Å²) in [6, 6.07) is 6.52. The number of rotatable bonds is 7. The Hall–Kier alpha value is -2.96. The van der Waals surface area contributed by atoms with E-state index in [2.05, 4.69) is 5.32 Å². The Morgan fingerprint density at radius 2 is 1.89 bits per heavy atom. The number of aromatic nitrogens is 1. The van der Waals surface area contributed by atoms with E-state index in [1.807, 2.05) is 12.1 Å². The van der Waals surface area contributed by atoms with Crippen LogP contribution in [-0.4, -0.2) is 40.3 Å². The van der Waals surface area contributed by atoms with E-state index in [9.17, 15) is 19.2 Å². The molecular formula is C21H26N2O5. The highest BCUT2D eigenvalue weighted by molar-refractivity contribution is 5.95. The van der Waals surface area contributed by atoms with Crippen LogP contribution in [0.2, 0.25) is 0 Å². The molecule has 0 spiro atoms. The molecule has 0 aliphatic rings. The van der Waals surface area contributed by atoms with Crippen molar-refractivity contribution in [3.8, 4) is 0 Å². The molecule has 1 aromatic heterocycles. The van der Waals surface area contributed by atoms with Crippen molar-refractivity contribution in [2.45, 2.75) is 58.6 Å². The van der Waals surface area contributed by atoms with E-state index in [1.54, 1.807) is 39.1 Å². The maximum atomic E-state index is 12.5. The Kier molecular flexibility index (Phi) is 6.72. The predicted octanol–water partition coefficient (Wildman–Crippen LogP) is 3.02. The zero-order valence-electron chi connectivity index (χ0n) is 16.7. The minimum atomic E-state index is -0.712. The monoisotopic (exact) mass is 386 g/mol. The summed E-state index contributed by atoms with van der Waals surface area (Å²) in [7, 11) is 0. The Balaban J connectivity index is 2.20. The molecule has 0 fully saturated rings. The molecule has 0 saturated carbocycles. The summed E-state index contributed by atoms with van der Waals surface area (Å²) >= 11 is 0. The fourth-order valence-electron chi connectivity index (χ4n) is 2.82. The minimum Gasteiger partial charge on any atom is -0.443 e. The van der Waals surface area contributed by atoms with E-state index < -0.39 is 17.7 Å². The highest BCUT2D eigenvalue weighted by Crippen LogP contribution is 2.23. The van der Waals surface area contributed by atoms with Crippen LogP contribution in [0.3, 0.4) is 0 Å². The fourth-order valence-corrected chi connectivity index (χ4v) is 2.82. The Morgan fingerprint density at radius 3 is 2.50 bits per heavy atom. The van der Waals surface area contributed by atoms with Crippen molar-refractivity contribution in [1.29, 1.82) is 0 Å². The van der Waals surface area contributed by atoms with Gasteiger partial charge in [0, 0.05) is 18.0 Å². The van der Waals surface area contributed by atoms with Gasteiger partial charge in [0.15, 0.2) is 0 Å². The number of nitrogens with one attached hydrogen (secondary N) is 1. The van der Waals surface area contributed by atoms with Gasteiger partial charge >= 0.3 is 6.09 Å². The summed E-state index contributed by atoms with van der Waals surface area (Å²) in [5, 5.41) is 3.39. The number of carbonyl (C=O) groups is 4. The highest BCUT2D eigenvalue weighted by Gasteiger charge is 2.22. The van der Waals surface area contributed by atoms with Crippen LogP contribution in [0.1, 0.15) is 46.1 Å². The summed E-state index contributed by atoms with van der Waals surface area (Å²) < 4.78 is 6.82. The first-order chi connectivity index (χ1) is 13.1. The van der Waals surface area contributed by atoms with Gasteiger partial charge < -0.3 is 19.6 Å². The molecule has 7 heteroatoms. The van der Waals surface area contributed by atoms with E-state index >= 15 is 0 Å². The molecule has 0 aliphatic carbocycles. The van der Waals surface area contributed by atoms with Crippen molar-refractivity contribution < 1.29 is 23.9 Å². The number of hydrogen-bond acceptors (Lipinski definition) is 5. The molecule has 1 heterocycles. The van der Waals surface area contributed by atoms with Gasteiger partial charge in [-0.1, -0.05) is 18.2 Å². The zero-order valence-corrected chi connectivity index (χ0v) is 16.7. The van der Waals surface area contributed by atoms with Gasteiger partial charge in [-0.2, -0.15) is 0 Å². The SMILES string of the molecule is CC(=O)CC[C@@H](C=O)NC(=O)Cc1cn(C(=O)OC(C)(C)C)c2ccccc12. The summed E-state index contributed by atoms with van der Waals surface area (Å²) in [5.74, 6) is -0.394. The smallest absolute Gasteiger partial charge is 0.419 e. The molecule has 0 aliphatic heterocycles. The molecule has 7 nitrogen and oxygen atoms in total. The van der Waals surface area contributed by atoms with Crippen molar-refractivity contribution in [3.05, 3.63) is 36.0 Å². The van der Waals surface area contributed by atoms with E-state index in [4.69, 9.17) is 4.74 Å². The van der Waals surface area contributed by atoms with Gasteiger partial charge in [0.2, 0.25) is 5.91 Å². The van der Waals surface area contributed by atoms with Crippen molar-refractivity contribution >= 4 is 35.0 Å². The topological polar surface area (TPSA) is 94.5 Å². The fraction of sp³-hybridized carbons (Fsp3) is 0.429. The molecule has 2 rings (SSSR count). The average Bonchev–Trinajstić information content (AvgIpc) is 2.96. The first kappa shape index (κ1) is 21.3. The molecule has 0 radical (unpaired) electrons. The summed E-state index contributed by atoms with van der Waals surface area (Å²) in [5.41, 5.74) is 0.645. The largest absolute Gasteiger partial charge is 0.443 e. The van der Waals surface area contributed by atoms with Crippen LogP contribution in [0.15, 0.2) is 30.5 Å². The number of amides is 1. The van der Waals surface area contributed by atoms with Gasteiger partial charge in [0.05, 0.1) is 18.0 Å². The third-order valence-corrected chi connectivity index (χ3v) is 4.05. The van der Waals surface area contributed by atoms with E-state index in [0.717, 1.165) is 5.39 Å². The van der Waals surface area contributed by atoms with Crippen LogP contribution in [0, 0.1) is 0 Å². The number of hydrogen-bond donors (Lipinski definition) is 1. The Morgan fingerprint density at radius 1 is 1.21 bits per heavy atom. The Labute approximate surface area is 164 Å². The molecular weight excluding hydrogens is 360 g/mol. The van der Waals surface area contributed by atoms with Crippen molar-refractivity contribution in [1.82, 2.24) is 9.88 Å². The van der Waals surface area contributed by atoms with E-state index in [0.29, 0.717) is 17.4 Å². The number of ether oxygens (including phenoxy) is 1. The number of Topliss-reactive ketones (excluding diaryl/α,β-unsaturated/α-hetero) is 1. The summed E-state index contributed by atoms with van der Waals surface area (Å²) in [6.45, 7) is 6.79. The molecule has 1 N–H and O–H groups in total. The van der Waals surface area contributed by atoms with E-state index in [-0.39, 0.29) is 31.0 Å². The van der Waals surface area contributed by atoms with Crippen molar-refractivity contribution in [2.24, 2.45) is 0 Å². The lowest BCUT2D eigenvalue weighted by atomic mass is 10.1. The standard InChI is InChI=1S/C21H26N2O5/c1-14(25)9-10-16(13-24)22-19(26)11-15-12-23(20(27)28-21(2,3)4)18-8-6-5-7-17(15)18/h5-8,12-13,16H,9-11H2,1-4H3,(H,22,26)/t16-/m0/s1. The Bertz CT molecular complexity index is 892. The van der Waals surface area contributed by atoms with Gasteiger partial charge in [-0.05, 0) is 45.7 Å². The van der Waals surface area contributed by atoms with Gasteiger partial charge in [0.25, 0.3) is 0 Å². The second-order valence-corrected chi connectivity index (χ2v) is 7.75. The first-order valence-electron chi connectivity index (χ1n) is 9.17. The molecule has 1 atom stereocenters. The van der Waals surface area contributed by atoms with Crippen LogP contribution in [0.25, 0.3) is 10.9 Å². The van der Waals surface area contributed by atoms with Crippen LogP contribution in [-0.2, 0) is 25.5 Å². The van der Waals surface area contributed by atoms with E-state index in [1.165, 1.54) is 11.5 Å². The lowest BCUT2D eigenvalue weighted by Gasteiger charge is -2.19.